The highest BCUT2D eigenvalue weighted by atomic mass is 19.1. The number of ether oxygens (including phenoxy) is 1. The second-order valence-electron chi connectivity index (χ2n) is 7.92. The van der Waals surface area contributed by atoms with Crippen LogP contribution in [0.25, 0.3) is 5.57 Å². The normalized spacial score (nSPS) is 18.9. The highest BCUT2D eigenvalue weighted by Crippen LogP contribution is 2.52. The fourth-order valence-corrected chi connectivity index (χ4v) is 4.48. The predicted molar refractivity (Wildman–Crippen MR) is 112 cm³/mol. The molecule has 4 heteroatoms. The Bertz CT molecular complexity index is 706. The highest BCUT2D eigenvalue weighted by molar-refractivity contribution is 5.71. The lowest BCUT2D eigenvalue weighted by atomic mass is 9.61. The molecule has 0 radical (unpaired) electrons. The third-order valence-electron chi connectivity index (χ3n) is 6.11. The molecule has 0 amide bonds. The maximum Gasteiger partial charge on any atom is 0.130 e. The summed E-state index contributed by atoms with van der Waals surface area (Å²) >= 11 is 0. The van der Waals surface area contributed by atoms with Crippen molar-refractivity contribution >= 4 is 11.9 Å². The molecule has 0 spiro atoms. The van der Waals surface area contributed by atoms with Gasteiger partial charge in [-0.1, -0.05) is 51.5 Å². The van der Waals surface area contributed by atoms with Crippen LogP contribution < -0.4 is 0 Å². The van der Waals surface area contributed by atoms with Gasteiger partial charge in [0.05, 0.1) is 11.9 Å². The zero-order valence-corrected chi connectivity index (χ0v) is 17.2. The van der Waals surface area contributed by atoms with Crippen LogP contribution in [0.3, 0.4) is 0 Å². The van der Waals surface area contributed by atoms with Crippen molar-refractivity contribution in [2.75, 3.05) is 20.7 Å². The van der Waals surface area contributed by atoms with Gasteiger partial charge in [0, 0.05) is 37.9 Å². The fourth-order valence-electron chi connectivity index (χ4n) is 4.48. The molecule has 0 N–H and O–H groups in total. The lowest BCUT2D eigenvalue weighted by Gasteiger charge is -2.52. The summed E-state index contributed by atoms with van der Waals surface area (Å²) in [6.07, 6.45) is 8.57. The lowest BCUT2D eigenvalue weighted by molar-refractivity contribution is -0.109. The van der Waals surface area contributed by atoms with E-state index in [-0.39, 0.29) is 11.4 Å². The minimum absolute atomic E-state index is 0.226. The van der Waals surface area contributed by atoms with Crippen LogP contribution >= 0.6 is 0 Å². The molecule has 1 aliphatic rings. The van der Waals surface area contributed by atoms with Crippen molar-refractivity contribution in [2.24, 2.45) is 10.4 Å². The maximum absolute atomic E-state index is 14.8. The van der Waals surface area contributed by atoms with Crippen molar-refractivity contribution in [3.63, 3.8) is 0 Å². The van der Waals surface area contributed by atoms with Gasteiger partial charge in [0.15, 0.2) is 0 Å². The van der Waals surface area contributed by atoms with Crippen molar-refractivity contribution in [1.29, 1.82) is 0 Å². The number of rotatable bonds is 8. The van der Waals surface area contributed by atoms with Gasteiger partial charge in [-0.3, -0.25) is 0 Å². The van der Waals surface area contributed by atoms with E-state index < -0.39 is 5.41 Å². The van der Waals surface area contributed by atoms with Crippen molar-refractivity contribution in [1.82, 2.24) is 4.90 Å². The van der Waals surface area contributed by atoms with Gasteiger partial charge in [-0.2, -0.15) is 0 Å². The van der Waals surface area contributed by atoms with Crippen molar-refractivity contribution in [3.8, 4) is 0 Å². The van der Waals surface area contributed by atoms with Crippen LogP contribution in [0, 0.1) is 18.2 Å². The largest absolute Gasteiger partial charge is 0.377 e. The molecule has 0 saturated heterocycles. The number of halogens is 1. The van der Waals surface area contributed by atoms with Gasteiger partial charge in [0.25, 0.3) is 0 Å². The van der Waals surface area contributed by atoms with Gasteiger partial charge in [0.1, 0.15) is 5.82 Å². The summed E-state index contributed by atoms with van der Waals surface area (Å²) < 4.78 is 21.0. The fraction of sp³-hybridized carbons (Fsp3) is 0.522. The van der Waals surface area contributed by atoms with Crippen LogP contribution in [0.1, 0.15) is 50.2 Å². The highest BCUT2D eigenvalue weighted by Gasteiger charge is 2.51. The third-order valence-corrected chi connectivity index (χ3v) is 6.11. The molecule has 0 bridgehead atoms. The van der Waals surface area contributed by atoms with Crippen LogP contribution in [-0.4, -0.2) is 37.5 Å². The SMILES string of the molecule is C=CN=CN(C)CC(C)(C(=C)c1ccc(C)cc1F)C1(OC)CCCCC1. The molecule has 1 aromatic carbocycles. The molecule has 27 heavy (non-hydrogen) atoms. The summed E-state index contributed by atoms with van der Waals surface area (Å²) in [5.74, 6) is -0.226. The average molecular weight is 373 g/mol. The summed E-state index contributed by atoms with van der Waals surface area (Å²) in [7, 11) is 3.75. The Morgan fingerprint density at radius 3 is 2.59 bits per heavy atom. The second kappa shape index (κ2) is 8.83. The molecule has 0 aromatic heterocycles. The number of benzene rings is 1. The predicted octanol–water partition coefficient (Wildman–Crippen LogP) is 5.61. The number of nitrogens with zero attached hydrogens (tertiary/aromatic N) is 2. The van der Waals surface area contributed by atoms with Crippen LogP contribution in [0.4, 0.5) is 4.39 Å². The van der Waals surface area contributed by atoms with Gasteiger partial charge in [-0.15, -0.1) is 0 Å². The number of aliphatic imine (C=N–C) groups is 1. The van der Waals surface area contributed by atoms with E-state index in [9.17, 15) is 4.39 Å². The Morgan fingerprint density at radius 2 is 2.04 bits per heavy atom. The van der Waals surface area contributed by atoms with Gasteiger partial charge in [-0.05, 0) is 37.0 Å². The van der Waals surface area contributed by atoms with E-state index in [4.69, 9.17) is 4.74 Å². The monoisotopic (exact) mass is 372 g/mol. The van der Waals surface area contributed by atoms with Crippen molar-refractivity contribution in [3.05, 3.63) is 54.5 Å². The van der Waals surface area contributed by atoms with E-state index in [1.54, 1.807) is 19.5 Å². The summed E-state index contributed by atoms with van der Waals surface area (Å²) in [4.78, 5) is 6.14. The summed E-state index contributed by atoms with van der Waals surface area (Å²) in [6.45, 7) is 12.7. The molecule has 0 aliphatic heterocycles. The first-order chi connectivity index (χ1) is 12.8. The van der Waals surface area contributed by atoms with Crippen LogP contribution in [0.2, 0.25) is 0 Å². The number of hydrogen-bond donors (Lipinski definition) is 0. The van der Waals surface area contributed by atoms with E-state index in [1.165, 1.54) is 12.6 Å². The smallest absolute Gasteiger partial charge is 0.130 e. The minimum atomic E-state index is -0.472. The van der Waals surface area contributed by atoms with E-state index >= 15 is 0 Å². The molecule has 3 nitrogen and oxygen atoms in total. The topological polar surface area (TPSA) is 24.8 Å². The van der Waals surface area contributed by atoms with Crippen molar-refractivity contribution < 1.29 is 9.13 Å². The van der Waals surface area contributed by atoms with Gasteiger partial charge >= 0.3 is 0 Å². The first kappa shape index (κ1) is 21.4. The van der Waals surface area contributed by atoms with Crippen LogP contribution in [-0.2, 0) is 4.74 Å². The minimum Gasteiger partial charge on any atom is -0.377 e. The zero-order valence-electron chi connectivity index (χ0n) is 17.2. The molecular weight excluding hydrogens is 339 g/mol. The number of aryl methyl sites for hydroxylation is 1. The first-order valence-corrected chi connectivity index (χ1v) is 9.65. The van der Waals surface area contributed by atoms with Crippen LogP contribution in [0.15, 0.2) is 42.5 Å². The van der Waals surface area contributed by atoms with E-state index in [0.717, 1.165) is 36.8 Å². The van der Waals surface area contributed by atoms with E-state index in [1.807, 2.05) is 31.0 Å². The Balaban J connectivity index is 2.52. The second-order valence-corrected chi connectivity index (χ2v) is 7.92. The zero-order chi connectivity index (χ0) is 20.1. The third kappa shape index (κ3) is 4.32. The Labute approximate surface area is 163 Å². The number of hydrogen-bond acceptors (Lipinski definition) is 2. The molecule has 1 saturated carbocycles. The van der Waals surface area contributed by atoms with Crippen molar-refractivity contribution in [2.45, 2.75) is 51.6 Å². The quantitative estimate of drug-likeness (QED) is 0.438. The Kier molecular flexibility index (Phi) is 6.99. The molecule has 1 aromatic rings. The molecule has 1 fully saturated rings. The van der Waals surface area contributed by atoms with E-state index in [0.29, 0.717) is 12.1 Å². The summed E-state index contributed by atoms with van der Waals surface area (Å²) in [5.41, 5.74) is 1.40. The molecule has 1 atom stereocenters. The molecule has 1 unspecified atom stereocenters. The number of methoxy groups -OCH3 is 1. The molecular formula is C23H33FN2O. The van der Waals surface area contributed by atoms with Gasteiger partial charge < -0.3 is 9.64 Å². The first-order valence-electron chi connectivity index (χ1n) is 9.65. The van der Waals surface area contributed by atoms with Crippen LogP contribution in [0.5, 0.6) is 0 Å². The standard InChI is InChI=1S/C23H33FN2O/c1-7-25-17-26(5)16-22(4,23(27-6)13-9-8-10-14-23)19(3)20-12-11-18(2)15-21(20)24/h7,11-12,15,17H,1,3,8-10,13-14,16H2,2,4-6H3. The lowest BCUT2D eigenvalue weighted by Crippen LogP contribution is -2.54. The molecule has 148 valence electrons. The van der Waals surface area contributed by atoms with Gasteiger partial charge in [-0.25, -0.2) is 9.38 Å². The maximum atomic E-state index is 14.8. The molecule has 1 aliphatic carbocycles. The van der Waals surface area contributed by atoms with E-state index in [2.05, 4.69) is 25.1 Å². The Hall–Kier alpha value is -1.94. The average Bonchev–Trinajstić information content (AvgIpc) is 2.66. The molecule has 0 heterocycles. The molecule has 2 rings (SSSR count). The van der Waals surface area contributed by atoms with Gasteiger partial charge in [0.2, 0.25) is 0 Å². The Morgan fingerprint density at radius 1 is 1.37 bits per heavy atom. The summed E-state index contributed by atoms with van der Waals surface area (Å²) in [6, 6.07) is 5.35. The summed E-state index contributed by atoms with van der Waals surface area (Å²) in [5, 5.41) is 0.